The van der Waals surface area contributed by atoms with E-state index in [1.807, 2.05) is 114 Å². The molecule has 9 aromatic rings. The van der Waals surface area contributed by atoms with Crippen LogP contribution in [0.5, 0.6) is 0 Å². The molecule has 0 atom stereocenters. The van der Waals surface area contributed by atoms with Crippen molar-refractivity contribution >= 4 is 28.1 Å². The third-order valence-corrected chi connectivity index (χ3v) is 12.2. The number of carbonyl (C=O) groups excluding carboxylic acids is 2. The Bertz CT molecular complexity index is 3660. The van der Waals surface area contributed by atoms with E-state index in [1.165, 1.54) is 52.1 Å². The standard InChI is InChI=1S/C22H24F3N5O2.C17H15F3N4O.C15H11F3N4.C5H9NO.C2H5BrO/c1-21(2,3)26-20(31)32-13-12-30-28-19(27-29-30)18-7-5-4-6-16(18)14-15-8-10-17(11-9-15)22(23,24)25;18-17(19,20)14-7-5-12(6-8-14)11-13-3-1-2-4-15(13)16-21-23-24(22-16)9-10-25;16-15(17,18)12-7-5-10(6-8-12)9-11-3-1-2-4-13(11)14-19-21-22-20-14;1-5(2,3)6-4-7;3-1-2-4/h4-11H,12-14H2,1-3H3,(H,26,31);1-8,25H,9-11H2;1-8H,9H2,(H,19,20,21,22);1-3H3;4H,1-2H2. The average molecular weight is 1320 g/mol. The molecule has 0 fully saturated rings. The number of nitrogens with zero attached hydrogens (tertiary/aromatic N) is 12. The maximum Gasteiger partial charge on any atom is 0.416 e. The molecule has 0 saturated heterocycles. The molecular formula is C61H64BrF9N14O5. The number of amides is 1. The molecule has 478 valence electrons. The molecule has 0 aliphatic heterocycles. The summed E-state index contributed by atoms with van der Waals surface area (Å²) < 4.78 is 119. The number of tetrazole rings is 3. The van der Waals surface area contributed by atoms with Crippen molar-refractivity contribution in [2.75, 3.05) is 25.2 Å². The number of benzene rings is 6. The minimum absolute atomic E-state index is 0.0743. The summed E-state index contributed by atoms with van der Waals surface area (Å²) in [5, 5.41) is 58.3. The van der Waals surface area contributed by atoms with Gasteiger partial charge in [-0.15, -0.1) is 30.6 Å². The average Bonchev–Trinajstić information content (AvgIpc) is 2.96. The maximum absolute atomic E-state index is 12.8. The van der Waals surface area contributed by atoms with Gasteiger partial charge in [-0.2, -0.15) is 54.3 Å². The van der Waals surface area contributed by atoms with Crippen molar-refractivity contribution in [1.82, 2.24) is 66.4 Å². The Labute approximate surface area is 520 Å². The third kappa shape index (κ3) is 24.5. The summed E-state index contributed by atoms with van der Waals surface area (Å²) in [5.41, 5.74) is 4.56. The number of alkyl carbamates (subject to hydrolysis) is 1. The van der Waals surface area contributed by atoms with Crippen molar-refractivity contribution in [1.29, 1.82) is 0 Å². The molecule has 0 aliphatic carbocycles. The minimum atomic E-state index is -4.37. The smallest absolute Gasteiger partial charge is 0.416 e. The summed E-state index contributed by atoms with van der Waals surface area (Å²) in [7, 11) is 0. The van der Waals surface area contributed by atoms with Crippen molar-refractivity contribution in [2.45, 2.75) is 104 Å². The Balaban J connectivity index is 0.000000229. The van der Waals surface area contributed by atoms with Crippen molar-refractivity contribution in [3.63, 3.8) is 0 Å². The monoisotopic (exact) mass is 1320 g/mol. The number of isocyanates is 1. The summed E-state index contributed by atoms with van der Waals surface area (Å²) in [4.78, 5) is 27.3. The fraction of sp³-hybridized carbons (Fsp3) is 0.328. The molecule has 9 rings (SSSR count). The second kappa shape index (κ2) is 33.5. The number of hydrogen-bond acceptors (Lipinski definition) is 15. The lowest BCUT2D eigenvalue weighted by Gasteiger charge is -2.19. The van der Waals surface area contributed by atoms with Gasteiger partial charge in [0.2, 0.25) is 23.6 Å². The maximum atomic E-state index is 12.8. The van der Waals surface area contributed by atoms with Gasteiger partial charge in [0.25, 0.3) is 0 Å². The molecule has 4 N–H and O–H groups in total. The predicted octanol–water partition coefficient (Wildman–Crippen LogP) is 12.4. The highest BCUT2D eigenvalue weighted by molar-refractivity contribution is 9.09. The molecule has 29 heteroatoms. The van der Waals surface area contributed by atoms with Crippen molar-refractivity contribution in [2.24, 2.45) is 4.99 Å². The van der Waals surface area contributed by atoms with Gasteiger partial charge >= 0.3 is 24.6 Å². The number of ether oxygens (including phenoxy) is 1. The second-order valence-corrected chi connectivity index (χ2v) is 22.1. The Morgan fingerprint density at radius 1 is 0.556 bits per heavy atom. The summed E-state index contributed by atoms with van der Waals surface area (Å²) in [5.74, 6) is 1.25. The molecule has 90 heavy (non-hydrogen) atoms. The van der Waals surface area contributed by atoms with Gasteiger partial charge in [-0.05, 0) is 146 Å². The normalized spacial score (nSPS) is 11.4. The van der Waals surface area contributed by atoms with Crippen molar-refractivity contribution in [3.05, 3.63) is 196 Å². The van der Waals surface area contributed by atoms with Crippen molar-refractivity contribution < 1.29 is 64.1 Å². The third-order valence-electron chi connectivity index (χ3n) is 11.8. The van der Waals surface area contributed by atoms with Crippen molar-refractivity contribution in [3.8, 4) is 34.2 Å². The van der Waals surface area contributed by atoms with Crippen LogP contribution >= 0.6 is 15.9 Å². The molecule has 1 amide bonds. The lowest BCUT2D eigenvalue weighted by Crippen LogP contribution is -2.41. The van der Waals surface area contributed by atoms with Crippen LogP contribution in [0.3, 0.4) is 0 Å². The van der Waals surface area contributed by atoms with E-state index in [4.69, 9.17) is 14.9 Å². The first kappa shape index (κ1) is 71.7. The van der Waals surface area contributed by atoms with Crippen LogP contribution in [0.2, 0.25) is 0 Å². The van der Waals surface area contributed by atoms with Gasteiger partial charge in [0.1, 0.15) is 6.61 Å². The Hall–Kier alpha value is -9.05. The molecule has 0 radical (unpaired) electrons. The zero-order valence-corrected chi connectivity index (χ0v) is 51.1. The second-order valence-electron chi connectivity index (χ2n) is 21.3. The van der Waals surface area contributed by atoms with Crippen LogP contribution in [-0.4, -0.2) is 120 Å². The molecule has 0 aliphatic rings. The van der Waals surface area contributed by atoms with E-state index in [1.54, 1.807) is 0 Å². The van der Waals surface area contributed by atoms with E-state index in [2.05, 4.69) is 77.7 Å². The molecule has 0 bridgehead atoms. The number of aliphatic hydroxyl groups excluding tert-OH is 2. The van der Waals surface area contributed by atoms with Gasteiger partial charge in [0.05, 0.1) is 48.5 Å². The van der Waals surface area contributed by atoms with Crippen LogP contribution in [0.25, 0.3) is 34.2 Å². The number of aromatic nitrogens is 12. The number of aliphatic hydroxyl groups is 2. The van der Waals surface area contributed by atoms with Gasteiger partial charge in [0, 0.05) is 27.6 Å². The lowest BCUT2D eigenvalue weighted by atomic mass is 9.98. The van der Waals surface area contributed by atoms with Crippen LogP contribution in [0.4, 0.5) is 44.3 Å². The number of nitrogens with one attached hydrogen (secondary N) is 2. The summed E-state index contributed by atoms with van der Waals surface area (Å²) in [6.45, 7) is 11.8. The summed E-state index contributed by atoms with van der Waals surface area (Å²) in [6.07, 6.45) is -10.7. The van der Waals surface area contributed by atoms with Crippen LogP contribution < -0.4 is 5.32 Å². The number of aromatic amines is 1. The summed E-state index contributed by atoms with van der Waals surface area (Å²) >= 11 is 3.00. The summed E-state index contributed by atoms with van der Waals surface area (Å²) in [6, 6.07) is 37.5. The highest BCUT2D eigenvalue weighted by Crippen LogP contribution is 2.33. The van der Waals surface area contributed by atoms with E-state index in [0.717, 1.165) is 86.5 Å². The highest BCUT2D eigenvalue weighted by atomic mass is 79.9. The number of aliphatic imine (C=N–C) groups is 1. The topological polar surface area (TPSA) is 250 Å². The molecule has 19 nitrogen and oxygen atoms in total. The Kier molecular flexibility index (Phi) is 26.7. The van der Waals surface area contributed by atoms with Crippen LogP contribution in [0, 0.1) is 0 Å². The Morgan fingerprint density at radius 2 is 0.922 bits per heavy atom. The van der Waals surface area contributed by atoms with E-state index in [-0.39, 0.29) is 38.4 Å². The molecule has 0 saturated carbocycles. The van der Waals surface area contributed by atoms with Gasteiger partial charge in [-0.1, -0.05) is 125 Å². The van der Waals surface area contributed by atoms with Gasteiger partial charge in [-0.3, -0.25) is 0 Å². The highest BCUT2D eigenvalue weighted by Gasteiger charge is 2.32. The number of alkyl halides is 10. The van der Waals surface area contributed by atoms with Gasteiger partial charge < -0.3 is 20.3 Å². The number of carbonyl (C=O) groups is 1. The number of H-pyrrole nitrogens is 1. The first-order valence-electron chi connectivity index (χ1n) is 27.3. The molecule has 0 unspecified atom stereocenters. The van der Waals surface area contributed by atoms with Crippen LogP contribution in [0.1, 0.15) is 91.6 Å². The molecule has 3 heterocycles. The first-order chi connectivity index (χ1) is 42.5. The van der Waals surface area contributed by atoms with E-state index >= 15 is 0 Å². The van der Waals surface area contributed by atoms with E-state index in [0.29, 0.717) is 42.1 Å². The quantitative estimate of drug-likeness (QED) is 0.0323. The fourth-order valence-electron chi connectivity index (χ4n) is 7.73. The van der Waals surface area contributed by atoms with Crippen LogP contribution in [0.15, 0.2) is 151 Å². The van der Waals surface area contributed by atoms with Gasteiger partial charge in [-0.25, -0.2) is 14.6 Å². The molecule has 3 aromatic heterocycles. The largest absolute Gasteiger partial charge is 0.448 e. The lowest BCUT2D eigenvalue weighted by molar-refractivity contribution is -0.138. The zero-order valence-electron chi connectivity index (χ0n) is 49.5. The first-order valence-corrected chi connectivity index (χ1v) is 28.5. The molecule has 6 aromatic carbocycles. The molecular weight excluding hydrogens is 1260 g/mol. The minimum Gasteiger partial charge on any atom is -0.448 e. The number of hydrogen-bond donors (Lipinski definition) is 4. The predicted molar refractivity (Wildman–Crippen MR) is 319 cm³/mol. The SMILES string of the molecule is CC(C)(C)N=C=O.CC(C)(C)NC(=O)OCCn1nnc(-c2ccccc2Cc2ccc(C(F)(F)F)cc2)n1.FC(F)(F)c1ccc(Cc2ccccc2-c2nn[nH]n2)cc1.OCCBr.OCCn1nnc(-c2ccccc2Cc2ccc(C(F)(F)F)cc2)n1. The van der Waals surface area contributed by atoms with E-state index < -0.39 is 46.9 Å². The Morgan fingerprint density at radius 3 is 1.22 bits per heavy atom. The van der Waals surface area contributed by atoms with Gasteiger partial charge in [0.15, 0.2) is 0 Å². The zero-order chi connectivity index (χ0) is 66.1. The van der Waals surface area contributed by atoms with E-state index in [9.17, 15) is 49.1 Å². The number of halogens is 10. The number of rotatable bonds is 15. The van der Waals surface area contributed by atoms with Crippen LogP contribution in [-0.2, 0) is 60.4 Å². The molecule has 0 spiro atoms. The fourth-order valence-corrected chi connectivity index (χ4v) is 7.73.